The predicted octanol–water partition coefficient (Wildman–Crippen LogP) is 1.40. The number of hydrogen-bond donors (Lipinski definition) is 1. The van der Waals surface area contributed by atoms with Gasteiger partial charge in [0.25, 0.3) is 0 Å². The molecule has 114 valence electrons. The van der Waals surface area contributed by atoms with Gasteiger partial charge < -0.3 is 10.6 Å². The molecule has 2 N–H and O–H groups in total. The molecule has 0 unspecified atom stereocenters. The lowest BCUT2D eigenvalue weighted by atomic mass is 10.1. The van der Waals surface area contributed by atoms with E-state index in [1.807, 2.05) is 25.9 Å². The van der Waals surface area contributed by atoms with Crippen molar-refractivity contribution in [2.24, 2.45) is 0 Å². The van der Waals surface area contributed by atoms with Gasteiger partial charge >= 0.3 is 0 Å². The second-order valence-electron chi connectivity index (χ2n) is 5.20. The average Bonchev–Trinajstić information content (AvgIpc) is 2.37. The van der Waals surface area contributed by atoms with Crippen LogP contribution in [0.15, 0.2) is 23.1 Å². The highest BCUT2D eigenvalue weighted by Gasteiger charge is 2.21. The lowest BCUT2D eigenvalue weighted by molar-refractivity contribution is 0.370. The van der Waals surface area contributed by atoms with Crippen LogP contribution in [0, 0.1) is 0 Å². The summed E-state index contributed by atoms with van der Waals surface area (Å²) in [5.74, 6) is 0. The predicted molar refractivity (Wildman–Crippen MR) is 83.2 cm³/mol. The van der Waals surface area contributed by atoms with Crippen molar-refractivity contribution in [3.63, 3.8) is 0 Å². The van der Waals surface area contributed by atoms with Crippen LogP contribution in [0.25, 0.3) is 0 Å². The molecule has 0 spiro atoms. The van der Waals surface area contributed by atoms with Gasteiger partial charge in [-0.1, -0.05) is 13.0 Å². The van der Waals surface area contributed by atoms with E-state index in [0.29, 0.717) is 12.2 Å². The number of nitrogens with zero attached hydrogens (tertiary/aromatic N) is 2. The topological polar surface area (TPSA) is 66.6 Å². The van der Waals surface area contributed by atoms with Crippen LogP contribution >= 0.6 is 0 Å². The van der Waals surface area contributed by atoms with Gasteiger partial charge in [-0.2, -0.15) is 0 Å². The standard InChI is InChI=1S/C14H25N3O2S/c1-5-12-7-8-13(11-14(12)15)20(18,19)17(4)10-6-9-16(2)3/h7-8,11H,5-6,9-10,15H2,1-4H3. The zero-order valence-corrected chi connectivity index (χ0v) is 13.6. The molecule has 0 heterocycles. The maximum atomic E-state index is 12.4. The molecule has 1 rings (SSSR count). The van der Waals surface area contributed by atoms with Gasteiger partial charge in [0.2, 0.25) is 10.0 Å². The van der Waals surface area contributed by atoms with E-state index in [2.05, 4.69) is 0 Å². The van der Waals surface area contributed by atoms with Crippen LogP contribution in [-0.4, -0.2) is 51.9 Å². The normalized spacial score (nSPS) is 12.3. The molecule has 0 saturated carbocycles. The number of anilines is 1. The second-order valence-corrected chi connectivity index (χ2v) is 7.24. The fourth-order valence-corrected chi connectivity index (χ4v) is 3.21. The van der Waals surface area contributed by atoms with E-state index in [1.54, 1.807) is 25.2 Å². The van der Waals surface area contributed by atoms with Crippen LogP contribution in [0.2, 0.25) is 0 Å². The molecule has 5 nitrogen and oxygen atoms in total. The van der Waals surface area contributed by atoms with Gasteiger partial charge in [0.1, 0.15) is 0 Å². The van der Waals surface area contributed by atoms with E-state index in [4.69, 9.17) is 5.73 Å². The Morgan fingerprint density at radius 3 is 2.30 bits per heavy atom. The van der Waals surface area contributed by atoms with E-state index < -0.39 is 10.0 Å². The number of hydrogen-bond acceptors (Lipinski definition) is 4. The van der Waals surface area contributed by atoms with Gasteiger partial charge in [-0.15, -0.1) is 0 Å². The molecule has 0 aliphatic carbocycles. The maximum absolute atomic E-state index is 12.4. The van der Waals surface area contributed by atoms with Gasteiger partial charge in [0, 0.05) is 19.3 Å². The van der Waals surface area contributed by atoms with Gasteiger partial charge in [-0.05, 0) is 51.2 Å². The number of nitrogens with two attached hydrogens (primary N) is 1. The molecule has 0 amide bonds. The third kappa shape index (κ3) is 4.19. The summed E-state index contributed by atoms with van der Waals surface area (Å²) < 4.78 is 26.2. The highest BCUT2D eigenvalue weighted by Crippen LogP contribution is 2.21. The number of aryl methyl sites for hydroxylation is 1. The first kappa shape index (κ1) is 16.9. The van der Waals surface area contributed by atoms with E-state index in [9.17, 15) is 8.42 Å². The molecule has 20 heavy (non-hydrogen) atoms. The van der Waals surface area contributed by atoms with E-state index in [-0.39, 0.29) is 4.90 Å². The molecular formula is C14H25N3O2S. The molecule has 0 aromatic heterocycles. The van der Waals surface area contributed by atoms with E-state index in [0.717, 1.165) is 24.9 Å². The largest absolute Gasteiger partial charge is 0.398 e. The monoisotopic (exact) mass is 299 g/mol. The first-order valence-corrected chi connectivity index (χ1v) is 8.22. The van der Waals surface area contributed by atoms with Gasteiger partial charge in [-0.25, -0.2) is 12.7 Å². The summed E-state index contributed by atoms with van der Waals surface area (Å²) in [5, 5.41) is 0. The van der Waals surface area contributed by atoms with Crippen molar-refractivity contribution in [2.75, 3.05) is 40.0 Å². The number of rotatable bonds is 7. The third-order valence-corrected chi connectivity index (χ3v) is 5.14. The molecule has 1 aromatic carbocycles. The summed E-state index contributed by atoms with van der Waals surface area (Å²) in [6.45, 7) is 3.35. The summed E-state index contributed by atoms with van der Waals surface area (Å²) >= 11 is 0. The first-order chi connectivity index (χ1) is 9.28. The van der Waals surface area contributed by atoms with Crippen molar-refractivity contribution in [3.05, 3.63) is 23.8 Å². The van der Waals surface area contributed by atoms with Crippen LogP contribution in [0.1, 0.15) is 18.9 Å². The van der Waals surface area contributed by atoms with Gasteiger partial charge in [0.15, 0.2) is 0 Å². The van der Waals surface area contributed by atoms with Crippen LogP contribution in [0.5, 0.6) is 0 Å². The van der Waals surface area contributed by atoms with Gasteiger partial charge in [-0.3, -0.25) is 0 Å². The van der Waals surface area contributed by atoms with Gasteiger partial charge in [0.05, 0.1) is 4.90 Å². The molecule has 6 heteroatoms. The summed E-state index contributed by atoms with van der Waals surface area (Å²) in [6.07, 6.45) is 1.59. The summed E-state index contributed by atoms with van der Waals surface area (Å²) in [7, 11) is 2.10. The average molecular weight is 299 g/mol. The van der Waals surface area contributed by atoms with Crippen molar-refractivity contribution in [1.29, 1.82) is 0 Å². The fraction of sp³-hybridized carbons (Fsp3) is 0.571. The minimum atomic E-state index is -3.45. The Bertz CT molecular complexity index is 541. The molecule has 0 fully saturated rings. The van der Waals surface area contributed by atoms with Crippen molar-refractivity contribution < 1.29 is 8.42 Å². The third-order valence-electron chi connectivity index (χ3n) is 3.28. The number of sulfonamides is 1. The molecule has 0 aliphatic rings. The first-order valence-electron chi connectivity index (χ1n) is 6.78. The van der Waals surface area contributed by atoms with Crippen molar-refractivity contribution in [2.45, 2.75) is 24.7 Å². The minimum absolute atomic E-state index is 0.263. The molecule has 0 bridgehead atoms. The number of nitrogen functional groups attached to an aromatic ring is 1. The van der Waals surface area contributed by atoms with Crippen LogP contribution in [0.4, 0.5) is 5.69 Å². The Morgan fingerprint density at radius 2 is 1.80 bits per heavy atom. The van der Waals surface area contributed by atoms with Crippen LogP contribution < -0.4 is 5.73 Å². The minimum Gasteiger partial charge on any atom is -0.398 e. The van der Waals surface area contributed by atoms with Crippen molar-refractivity contribution in [1.82, 2.24) is 9.21 Å². The Balaban J connectivity index is 2.84. The maximum Gasteiger partial charge on any atom is 0.242 e. The zero-order valence-electron chi connectivity index (χ0n) is 12.8. The summed E-state index contributed by atoms with van der Waals surface area (Å²) in [4.78, 5) is 2.30. The quantitative estimate of drug-likeness (QED) is 0.773. The fourth-order valence-electron chi connectivity index (χ4n) is 1.97. The highest BCUT2D eigenvalue weighted by atomic mass is 32.2. The molecule has 0 saturated heterocycles. The van der Waals surface area contributed by atoms with Crippen LogP contribution in [0.3, 0.4) is 0 Å². The van der Waals surface area contributed by atoms with Crippen LogP contribution in [-0.2, 0) is 16.4 Å². The van der Waals surface area contributed by atoms with E-state index >= 15 is 0 Å². The zero-order chi connectivity index (χ0) is 15.3. The Morgan fingerprint density at radius 1 is 1.15 bits per heavy atom. The molecule has 1 aromatic rings. The van der Waals surface area contributed by atoms with Crippen molar-refractivity contribution >= 4 is 15.7 Å². The Hall–Kier alpha value is -1.11. The summed E-state index contributed by atoms with van der Waals surface area (Å²) in [6, 6.07) is 4.97. The Labute approximate surface area is 122 Å². The Kier molecular flexibility index (Phi) is 5.98. The van der Waals surface area contributed by atoms with E-state index in [1.165, 1.54) is 4.31 Å². The lowest BCUT2D eigenvalue weighted by Crippen LogP contribution is -2.30. The summed E-state index contributed by atoms with van der Waals surface area (Å²) in [5.41, 5.74) is 7.39. The SMILES string of the molecule is CCc1ccc(S(=O)(=O)N(C)CCCN(C)C)cc1N. The lowest BCUT2D eigenvalue weighted by Gasteiger charge is -2.19. The molecule has 0 atom stereocenters. The molecular weight excluding hydrogens is 274 g/mol. The van der Waals surface area contributed by atoms with Crippen molar-refractivity contribution in [3.8, 4) is 0 Å². The number of benzene rings is 1. The second kappa shape index (κ2) is 7.06. The molecule has 0 aliphatic heterocycles. The smallest absolute Gasteiger partial charge is 0.242 e. The highest BCUT2D eigenvalue weighted by molar-refractivity contribution is 7.89. The molecule has 0 radical (unpaired) electrons.